The molecular weight excluding hydrogens is 350 g/mol. The zero-order valence-corrected chi connectivity index (χ0v) is 15.8. The number of nitrogens with zero attached hydrogens (tertiary/aromatic N) is 2. The van der Waals surface area contributed by atoms with Gasteiger partial charge < -0.3 is 10.1 Å². The van der Waals surface area contributed by atoms with E-state index < -0.39 is 0 Å². The molecule has 140 valence electrons. The van der Waals surface area contributed by atoms with Crippen molar-refractivity contribution in [1.29, 1.82) is 0 Å². The third kappa shape index (κ3) is 5.18. The van der Waals surface area contributed by atoms with E-state index in [1.165, 1.54) is 6.33 Å². The molecule has 3 aromatic rings. The zero-order chi connectivity index (χ0) is 19.8. The van der Waals surface area contributed by atoms with E-state index in [9.17, 15) is 4.79 Å². The molecule has 2 aromatic carbocycles. The van der Waals surface area contributed by atoms with Gasteiger partial charge in [0.2, 0.25) is 5.91 Å². The van der Waals surface area contributed by atoms with E-state index in [1.54, 1.807) is 12.4 Å². The van der Waals surface area contributed by atoms with E-state index >= 15 is 0 Å². The van der Waals surface area contributed by atoms with Crippen LogP contribution in [0.3, 0.4) is 0 Å². The number of anilines is 1. The molecule has 1 heterocycles. The van der Waals surface area contributed by atoms with Crippen LogP contribution in [0, 0.1) is 11.8 Å². The summed E-state index contributed by atoms with van der Waals surface area (Å²) in [6.45, 7) is 4.46. The van der Waals surface area contributed by atoms with Gasteiger partial charge in [-0.2, -0.15) is 0 Å². The largest absolute Gasteiger partial charge is 0.494 e. The Hall–Kier alpha value is -3.65. The fraction of sp³-hybridized carbons (Fsp3) is 0.174. The van der Waals surface area contributed by atoms with E-state index in [1.807, 2.05) is 62.4 Å². The molecule has 28 heavy (non-hydrogen) atoms. The van der Waals surface area contributed by atoms with Crippen LogP contribution in [-0.4, -0.2) is 22.5 Å². The molecule has 0 bridgehead atoms. The van der Waals surface area contributed by atoms with E-state index in [0.29, 0.717) is 12.3 Å². The van der Waals surface area contributed by atoms with E-state index in [-0.39, 0.29) is 11.8 Å². The number of nitrogens with one attached hydrogen (secondary N) is 1. The molecule has 0 spiro atoms. The summed E-state index contributed by atoms with van der Waals surface area (Å²) in [5.74, 6) is 6.71. The highest BCUT2D eigenvalue weighted by molar-refractivity contribution is 5.95. The molecule has 1 N–H and O–H groups in total. The number of amides is 1. The lowest BCUT2D eigenvalue weighted by Gasteiger charge is -2.12. The molecule has 0 radical (unpaired) electrons. The maximum Gasteiger partial charge on any atom is 0.231 e. The lowest BCUT2D eigenvalue weighted by molar-refractivity contribution is -0.117. The normalized spacial score (nSPS) is 11.1. The fourth-order valence-corrected chi connectivity index (χ4v) is 2.57. The summed E-state index contributed by atoms with van der Waals surface area (Å²) in [7, 11) is 0. The molecule has 0 aliphatic rings. The number of hydrogen-bond acceptors (Lipinski definition) is 4. The molecule has 1 atom stereocenters. The number of hydrogen-bond donors (Lipinski definition) is 1. The summed E-state index contributed by atoms with van der Waals surface area (Å²) >= 11 is 0. The molecule has 0 aliphatic heterocycles. The molecule has 3 rings (SSSR count). The summed E-state index contributed by atoms with van der Waals surface area (Å²) in [4.78, 5) is 20.2. The summed E-state index contributed by atoms with van der Waals surface area (Å²) in [5, 5.41) is 2.81. The maximum absolute atomic E-state index is 12.4. The van der Waals surface area contributed by atoms with Crippen LogP contribution in [0.2, 0.25) is 0 Å². The molecular formula is C23H21N3O2. The minimum Gasteiger partial charge on any atom is -0.494 e. The Kier molecular flexibility index (Phi) is 6.37. The maximum atomic E-state index is 12.4. The number of carbonyl (C=O) groups excluding carboxylic acids is 1. The Morgan fingerprint density at radius 1 is 1.00 bits per heavy atom. The van der Waals surface area contributed by atoms with Crippen molar-refractivity contribution in [2.45, 2.75) is 19.8 Å². The Bertz CT molecular complexity index is 972. The molecule has 5 heteroatoms. The Morgan fingerprint density at radius 3 is 2.14 bits per heavy atom. The summed E-state index contributed by atoms with van der Waals surface area (Å²) in [6.07, 6.45) is 4.56. The summed E-state index contributed by atoms with van der Waals surface area (Å²) in [6, 6.07) is 15.4. The van der Waals surface area contributed by atoms with Gasteiger partial charge in [0.05, 0.1) is 30.6 Å². The predicted molar refractivity (Wildman–Crippen MR) is 109 cm³/mol. The second-order valence-corrected chi connectivity index (χ2v) is 6.17. The highest BCUT2D eigenvalue weighted by Gasteiger charge is 2.15. The molecule has 5 nitrogen and oxygen atoms in total. The highest BCUT2D eigenvalue weighted by Crippen LogP contribution is 2.18. The fourth-order valence-electron chi connectivity index (χ4n) is 2.57. The molecule has 0 fully saturated rings. The number of benzene rings is 2. The molecule has 1 unspecified atom stereocenters. The van der Waals surface area contributed by atoms with Gasteiger partial charge in [-0.25, -0.2) is 9.97 Å². The lowest BCUT2D eigenvalue weighted by Crippen LogP contribution is -2.19. The van der Waals surface area contributed by atoms with Gasteiger partial charge in [-0.3, -0.25) is 4.79 Å². The van der Waals surface area contributed by atoms with Crippen molar-refractivity contribution in [2.75, 3.05) is 11.9 Å². The Labute approximate surface area is 164 Å². The van der Waals surface area contributed by atoms with Crippen molar-refractivity contribution >= 4 is 11.6 Å². The van der Waals surface area contributed by atoms with Crippen LogP contribution in [0.4, 0.5) is 5.69 Å². The van der Waals surface area contributed by atoms with E-state index in [0.717, 1.165) is 22.4 Å². The number of aromatic nitrogens is 2. The van der Waals surface area contributed by atoms with E-state index in [2.05, 4.69) is 27.1 Å². The van der Waals surface area contributed by atoms with Crippen LogP contribution in [0.15, 0.2) is 67.3 Å². The van der Waals surface area contributed by atoms with E-state index in [4.69, 9.17) is 4.74 Å². The minimum absolute atomic E-state index is 0.108. The Morgan fingerprint density at radius 2 is 1.57 bits per heavy atom. The molecule has 1 aromatic heterocycles. The quantitative estimate of drug-likeness (QED) is 0.688. The van der Waals surface area contributed by atoms with Crippen molar-refractivity contribution in [3.63, 3.8) is 0 Å². The van der Waals surface area contributed by atoms with Crippen molar-refractivity contribution < 1.29 is 9.53 Å². The van der Waals surface area contributed by atoms with Crippen LogP contribution in [0.1, 0.15) is 36.5 Å². The average Bonchev–Trinajstić information content (AvgIpc) is 2.74. The first kappa shape index (κ1) is 19.1. The van der Waals surface area contributed by atoms with Crippen molar-refractivity contribution in [3.05, 3.63) is 83.9 Å². The molecule has 0 saturated heterocycles. The number of carbonyl (C=O) groups is 1. The van der Waals surface area contributed by atoms with Crippen LogP contribution in [0.25, 0.3) is 0 Å². The predicted octanol–water partition coefficient (Wildman–Crippen LogP) is 4.02. The lowest BCUT2D eigenvalue weighted by atomic mass is 9.99. The van der Waals surface area contributed by atoms with Gasteiger partial charge in [-0.1, -0.05) is 24.0 Å². The van der Waals surface area contributed by atoms with Crippen molar-refractivity contribution in [1.82, 2.24) is 9.97 Å². The van der Waals surface area contributed by atoms with Gasteiger partial charge in [0.25, 0.3) is 0 Å². The summed E-state index contributed by atoms with van der Waals surface area (Å²) < 4.78 is 5.43. The smallest absolute Gasteiger partial charge is 0.231 e. The SMILES string of the molecule is CCOc1ccc(C#Cc2ccc(C(C)C(=O)Nc3cncnc3)cc2)cc1. The van der Waals surface area contributed by atoms with Crippen molar-refractivity contribution in [2.24, 2.45) is 0 Å². The van der Waals surface area contributed by atoms with Crippen LogP contribution < -0.4 is 10.1 Å². The topological polar surface area (TPSA) is 64.1 Å². The first-order valence-electron chi connectivity index (χ1n) is 9.06. The van der Waals surface area contributed by atoms with Gasteiger partial charge in [-0.05, 0) is 55.8 Å². The van der Waals surface area contributed by atoms with Crippen LogP contribution >= 0.6 is 0 Å². The van der Waals surface area contributed by atoms with Gasteiger partial charge in [0.15, 0.2) is 0 Å². The van der Waals surface area contributed by atoms with Gasteiger partial charge >= 0.3 is 0 Å². The third-order valence-corrected chi connectivity index (χ3v) is 4.15. The Balaban J connectivity index is 1.64. The van der Waals surface area contributed by atoms with Gasteiger partial charge in [0.1, 0.15) is 12.1 Å². The monoisotopic (exact) mass is 371 g/mol. The van der Waals surface area contributed by atoms with Crippen LogP contribution in [-0.2, 0) is 4.79 Å². The summed E-state index contributed by atoms with van der Waals surface area (Å²) in [5.41, 5.74) is 3.31. The second kappa shape index (κ2) is 9.33. The first-order chi connectivity index (χ1) is 13.7. The second-order valence-electron chi connectivity index (χ2n) is 6.17. The van der Waals surface area contributed by atoms with Crippen molar-refractivity contribution in [3.8, 4) is 17.6 Å². The molecule has 1 amide bonds. The standard InChI is InChI=1S/C23H21N3O2/c1-3-28-22-12-8-19(9-13-22)5-4-18-6-10-20(11-7-18)17(2)23(27)26-21-14-24-16-25-15-21/h6-17H,3H2,1-2H3,(H,26,27). The number of rotatable bonds is 5. The third-order valence-electron chi connectivity index (χ3n) is 4.15. The highest BCUT2D eigenvalue weighted by atomic mass is 16.5. The molecule has 0 aliphatic carbocycles. The van der Waals surface area contributed by atoms with Crippen LogP contribution in [0.5, 0.6) is 5.75 Å². The zero-order valence-electron chi connectivity index (χ0n) is 15.8. The number of ether oxygens (including phenoxy) is 1. The van der Waals surface area contributed by atoms with Gasteiger partial charge in [-0.15, -0.1) is 0 Å². The van der Waals surface area contributed by atoms with Gasteiger partial charge in [0, 0.05) is 11.1 Å². The average molecular weight is 371 g/mol. The minimum atomic E-state index is -0.298. The molecule has 0 saturated carbocycles. The first-order valence-corrected chi connectivity index (χ1v) is 9.06.